The average Bonchev–Trinajstić information content (AvgIpc) is 2.73. The van der Waals surface area contributed by atoms with Crippen LogP contribution >= 0.6 is 27.3 Å². The fourth-order valence-corrected chi connectivity index (χ4v) is 5.05. The zero-order valence-corrected chi connectivity index (χ0v) is 14.3. The van der Waals surface area contributed by atoms with Crippen molar-refractivity contribution in [3.05, 3.63) is 45.2 Å². The maximum atomic E-state index is 12.4. The van der Waals surface area contributed by atoms with Gasteiger partial charge >= 0.3 is 0 Å². The molecule has 108 valence electrons. The number of hydrogen-bond donors (Lipinski definition) is 2. The minimum absolute atomic E-state index is 0.307. The molecule has 0 saturated carbocycles. The lowest BCUT2D eigenvalue weighted by Crippen LogP contribution is -2.15. The van der Waals surface area contributed by atoms with Crippen LogP contribution in [0.5, 0.6) is 0 Å². The van der Waals surface area contributed by atoms with Crippen molar-refractivity contribution in [1.29, 1.82) is 0 Å². The minimum Gasteiger partial charge on any atom is -0.316 e. The van der Waals surface area contributed by atoms with Gasteiger partial charge in [0.1, 0.15) is 4.21 Å². The van der Waals surface area contributed by atoms with Crippen molar-refractivity contribution in [2.75, 3.05) is 11.8 Å². The number of anilines is 1. The van der Waals surface area contributed by atoms with Gasteiger partial charge in [0.2, 0.25) is 0 Å². The van der Waals surface area contributed by atoms with E-state index in [0.29, 0.717) is 16.4 Å². The SMILES string of the molecule is CNCc1ccccc1NS(=O)(=O)c1cc(C)c(Br)s1. The van der Waals surface area contributed by atoms with Gasteiger partial charge in [-0.05, 0) is 53.2 Å². The summed E-state index contributed by atoms with van der Waals surface area (Å²) in [7, 11) is -1.72. The molecule has 4 nitrogen and oxygen atoms in total. The maximum absolute atomic E-state index is 12.4. The summed E-state index contributed by atoms with van der Waals surface area (Å²) >= 11 is 4.56. The second-order valence-electron chi connectivity index (χ2n) is 4.32. The maximum Gasteiger partial charge on any atom is 0.271 e. The van der Waals surface area contributed by atoms with Gasteiger partial charge in [-0.25, -0.2) is 8.42 Å². The number of hydrogen-bond acceptors (Lipinski definition) is 4. The van der Waals surface area contributed by atoms with Crippen LogP contribution in [0, 0.1) is 6.92 Å². The third-order valence-electron chi connectivity index (χ3n) is 2.73. The van der Waals surface area contributed by atoms with Crippen molar-refractivity contribution in [3.8, 4) is 0 Å². The zero-order chi connectivity index (χ0) is 14.8. The fourth-order valence-electron chi connectivity index (χ4n) is 1.72. The van der Waals surface area contributed by atoms with Crippen LogP contribution < -0.4 is 10.0 Å². The Labute approximate surface area is 131 Å². The van der Waals surface area contributed by atoms with Gasteiger partial charge in [-0.3, -0.25) is 4.72 Å². The summed E-state index contributed by atoms with van der Waals surface area (Å²) in [6, 6.07) is 9.02. The summed E-state index contributed by atoms with van der Waals surface area (Å²) in [5.41, 5.74) is 2.42. The Kier molecular flexibility index (Phi) is 4.85. The molecule has 1 heterocycles. The first-order valence-corrected chi connectivity index (χ1v) is 9.04. The number of halogens is 1. The van der Waals surface area contributed by atoms with Gasteiger partial charge in [0, 0.05) is 6.54 Å². The van der Waals surface area contributed by atoms with Crippen LogP contribution in [0.1, 0.15) is 11.1 Å². The lowest BCUT2D eigenvalue weighted by Gasteiger charge is -2.11. The Morgan fingerprint density at radius 3 is 2.60 bits per heavy atom. The van der Waals surface area contributed by atoms with Crippen LogP contribution in [0.2, 0.25) is 0 Å². The number of para-hydroxylation sites is 1. The molecule has 7 heteroatoms. The number of aryl methyl sites for hydroxylation is 1. The van der Waals surface area contributed by atoms with Crippen molar-refractivity contribution < 1.29 is 8.42 Å². The smallest absolute Gasteiger partial charge is 0.271 e. The molecule has 0 aliphatic rings. The Morgan fingerprint density at radius 2 is 2.00 bits per heavy atom. The number of sulfonamides is 1. The summed E-state index contributed by atoms with van der Waals surface area (Å²) in [5.74, 6) is 0. The topological polar surface area (TPSA) is 58.2 Å². The van der Waals surface area contributed by atoms with Crippen molar-refractivity contribution in [3.63, 3.8) is 0 Å². The lowest BCUT2D eigenvalue weighted by molar-refractivity contribution is 0.603. The first-order chi connectivity index (χ1) is 9.44. The summed E-state index contributed by atoms with van der Waals surface area (Å²) in [6.45, 7) is 2.47. The highest BCUT2D eigenvalue weighted by atomic mass is 79.9. The van der Waals surface area contributed by atoms with E-state index in [9.17, 15) is 8.42 Å². The minimum atomic E-state index is -3.55. The zero-order valence-electron chi connectivity index (χ0n) is 11.1. The van der Waals surface area contributed by atoms with Crippen LogP contribution in [0.3, 0.4) is 0 Å². The Balaban J connectivity index is 2.33. The molecule has 1 aromatic carbocycles. The van der Waals surface area contributed by atoms with E-state index in [-0.39, 0.29) is 0 Å². The van der Waals surface area contributed by atoms with Crippen molar-refractivity contribution in [1.82, 2.24) is 5.32 Å². The molecule has 0 aliphatic heterocycles. The van der Waals surface area contributed by atoms with Crippen molar-refractivity contribution in [2.24, 2.45) is 0 Å². The van der Waals surface area contributed by atoms with Gasteiger partial charge in [-0.15, -0.1) is 11.3 Å². The van der Waals surface area contributed by atoms with E-state index in [1.807, 2.05) is 32.2 Å². The molecule has 2 N–H and O–H groups in total. The van der Waals surface area contributed by atoms with E-state index in [1.54, 1.807) is 12.1 Å². The van der Waals surface area contributed by atoms with Crippen LogP contribution in [-0.2, 0) is 16.6 Å². The van der Waals surface area contributed by atoms with E-state index >= 15 is 0 Å². The highest BCUT2D eigenvalue weighted by Gasteiger charge is 2.19. The molecule has 20 heavy (non-hydrogen) atoms. The van der Waals surface area contributed by atoms with Gasteiger partial charge in [0.25, 0.3) is 10.0 Å². The molecule has 0 unspecified atom stereocenters. The summed E-state index contributed by atoms with van der Waals surface area (Å²) in [5, 5.41) is 3.02. The predicted molar refractivity (Wildman–Crippen MR) is 86.8 cm³/mol. The molecule has 0 spiro atoms. The molecule has 0 bridgehead atoms. The van der Waals surface area contributed by atoms with E-state index in [4.69, 9.17) is 0 Å². The molecule has 2 rings (SSSR count). The molecule has 0 atom stereocenters. The standard InChI is InChI=1S/C13H15BrN2O2S2/c1-9-7-12(19-13(9)14)20(17,18)16-11-6-4-3-5-10(11)8-15-2/h3-7,15-16H,8H2,1-2H3. The molecule has 0 radical (unpaired) electrons. The quantitative estimate of drug-likeness (QED) is 0.843. The lowest BCUT2D eigenvalue weighted by atomic mass is 10.2. The predicted octanol–water partition coefficient (Wildman–Crippen LogP) is 3.34. The van der Waals surface area contributed by atoms with Crippen molar-refractivity contribution >= 4 is 43.0 Å². The summed E-state index contributed by atoms with van der Waals surface area (Å²) in [6.07, 6.45) is 0. The second-order valence-corrected chi connectivity index (χ2v) is 8.59. The van der Waals surface area contributed by atoms with E-state index in [0.717, 1.165) is 14.9 Å². The molecule has 0 fully saturated rings. The van der Waals surface area contributed by atoms with Crippen LogP contribution in [0.4, 0.5) is 5.69 Å². The molecule has 0 saturated heterocycles. The van der Waals surface area contributed by atoms with Gasteiger partial charge < -0.3 is 5.32 Å². The Morgan fingerprint density at radius 1 is 1.30 bits per heavy atom. The van der Waals surface area contributed by atoms with Gasteiger partial charge in [-0.2, -0.15) is 0 Å². The fraction of sp³-hybridized carbons (Fsp3) is 0.231. The molecule has 0 aliphatic carbocycles. The normalized spacial score (nSPS) is 11.6. The average molecular weight is 375 g/mol. The van der Waals surface area contributed by atoms with E-state index in [2.05, 4.69) is 26.0 Å². The van der Waals surface area contributed by atoms with Gasteiger partial charge in [-0.1, -0.05) is 18.2 Å². The highest BCUT2D eigenvalue weighted by molar-refractivity contribution is 9.11. The number of thiophene rings is 1. The number of rotatable bonds is 5. The van der Waals surface area contributed by atoms with E-state index < -0.39 is 10.0 Å². The summed E-state index contributed by atoms with van der Waals surface area (Å²) in [4.78, 5) is 0. The van der Waals surface area contributed by atoms with E-state index in [1.165, 1.54) is 11.3 Å². The number of nitrogens with one attached hydrogen (secondary N) is 2. The molecule has 1 aromatic heterocycles. The Bertz CT molecular complexity index is 691. The van der Waals surface area contributed by atoms with Crippen LogP contribution in [0.15, 0.2) is 38.3 Å². The van der Waals surface area contributed by atoms with Gasteiger partial charge in [0.15, 0.2) is 0 Å². The third-order valence-corrected chi connectivity index (χ3v) is 6.70. The molecule has 2 aromatic rings. The molecule has 0 amide bonds. The van der Waals surface area contributed by atoms with Crippen LogP contribution in [-0.4, -0.2) is 15.5 Å². The third kappa shape index (κ3) is 3.41. The largest absolute Gasteiger partial charge is 0.316 e. The second kappa shape index (κ2) is 6.26. The highest BCUT2D eigenvalue weighted by Crippen LogP contribution is 2.32. The Hall–Kier alpha value is -0.890. The van der Waals surface area contributed by atoms with Gasteiger partial charge in [0.05, 0.1) is 9.47 Å². The molecular formula is C13H15BrN2O2S2. The summed E-state index contributed by atoms with van der Waals surface area (Å²) < 4.78 is 28.6. The van der Waals surface area contributed by atoms with Crippen LogP contribution in [0.25, 0.3) is 0 Å². The molecular weight excluding hydrogens is 360 g/mol. The number of benzene rings is 1. The first-order valence-electron chi connectivity index (χ1n) is 5.95. The monoisotopic (exact) mass is 374 g/mol. The first kappa shape index (κ1) is 15.5. The van der Waals surface area contributed by atoms with Crippen molar-refractivity contribution in [2.45, 2.75) is 17.7 Å².